The minimum Gasteiger partial charge on any atom is -0.351 e. The molecule has 1 aromatic carbocycles. The summed E-state index contributed by atoms with van der Waals surface area (Å²) in [6.07, 6.45) is 0. The van der Waals surface area contributed by atoms with Crippen molar-refractivity contribution in [1.82, 2.24) is 9.55 Å². The van der Waals surface area contributed by atoms with Gasteiger partial charge >= 0.3 is 0 Å². The van der Waals surface area contributed by atoms with E-state index in [-0.39, 0.29) is 16.3 Å². The van der Waals surface area contributed by atoms with Crippen LogP contribution in [0.15, 0.2) is 29.6 Å². The van der Waals surface area contributed by atoms with E-state index in [9.17, 15) is 14.9 Å². The number of benzene rings is 1. The molecule has 0 radical (unpaired) electrons. The summed E-state index contributed by atoms with van der Waals surface area (Å²) >= 11 is 7.29. The van der Waals surface area contributed by atoms with Crippen molar-refractivity contribution in [3.05, 3.63) is 61.7 Å². The molecule has 3 aromatic rings. The molecule has 0 spiro atoms. The maximum Gasteiger partial charge on any atom is 0.270 e. The third kappa shape index (κ3) is 3.33. The fourth-order valence-electron chi connectivity index (χ4n) is 2.54. The number of amides is 1. The van der Waals surface area contributed by atoms with Gasteiger partial charge in [0.2, 0.25) is 0 Å². The third-order valence-corrected chi connectivity index (χ3v) is 5.25. The number of carbonyl (C=O) groups is 1. The summed E-state index contributed by atoms with van der Waals surface area (Å²) in [7, 11) is 1.99. The monoisotopic (exact) mass is 390 g/mol. The number of non-ortho nitro benzene ring substituents is 1. The largest absolute Gasteiger partial charge is 0.351 e. The number of aromatic nitrogens is 2. The second-order valence-electron chi connectivity index (χ2n) is 5.76. The third-order valence-electron chi connectivity index (χ3n) is 4.18. The van der Waals surface area contributed by atoms with E-state index < -0.39 is 10.8 Å². The average molecular weight is 391 g/mol. The second-order valence-corrected chi connectivity index (χ2v) is 7.02. The Morgan fingerprint density at radius 3 is 2.65 bits per heavy atom. The van der Waals surface area contributed by atoms with Crippen molar-refractivity contribution >= 4 is 39.7 Å². The Labute approximate surface area is 158 Å². The lowest BCUT2D eigenvalue weighted by molar-refractivity contribution is -0.384. The van der Waals surface area contributed by atoms with Crippen molar-refractivity contribution in [2.75, 3.05) is 5.32 Å². The topological polar surface area (TPSA) is 90.1 Å². The highest BCUT2D eigenvalue weighted by Crippen LogP contribution is 2.30. The molecule has 2 heterocycles. The van der Waals surface area contributed by atoms with Gasteiger partial charge in [-0.25, -0.2) is 4.98 Å². The van der Waals surface area contributed by atoms with Gasteiger partial charge in [-0.2, -0.15) is 0 Å². The zero-order valence-electron chi connectivity index (χ0n) is 14.2. The average Bonchev–Trinajstić information content (AvgIpc) is 3.14. The normalized spacial score (nSPS) is 10.8. The van der Waals surface area contributed by atoms with Crippen LogP contribution < -0.4 is 5.32 Å². The van der Waals surface area contributed by atoms with E-state index in [1.54, 1.807) is 0 Å². The Kier molecular flexibility index (Phi) is 4.80. The van der Waals surface area contributed by atoms with Crippen molar-refractivity contribution in [1.29, 1.82) is 0 Å². The number of anilines is 1. The summed E-state index contributed by atoms with van der Waals surface area (Å²) in [5, 5.41) is 15.8. The molecule has 0 fully saturated rings. The Hall–Kier alpha value is -2.71. The van der Waals surface area contributed by atoms with Gasteiger partial charge in [0.1, 0.15) is 0 Å². The first kappa shape index (κ1) is 18.1. The quantitative estimate of drug-likeness (QED) is 0.521. The molecule has 134 valence electrons. The van der Waals surface area contributed by atoms with Crippen LogP contribution in [0.1, 0.15) is 21.7 Å². The summed E-state index contributed by atoms with van der Waals surface area (Å²) in [6.45, 7) is 4.03. The van der Waals surface area contributed by atoms with Gasteiger partial charge in [-0.3, -0.25) is 20.2 Å². The highest BCUT2D eigenvalue weighted by molar-refractivity contribution is 7.14. The predicted molar refractivity (Wildman–Crippen MR) is 102 cm³/mol. The number of hydrogen-bond acceptors (Lipinski definition) is 5. The van der Waals surface area contributed by atoms with E-state index in [0.717, 1.165) is 28.7 Å². The Balaban J connectivity index is 1.82. The first-order chi connectivity index (χ1) is 12.3. The van der Waals surface area contributed by atoms with E-state index in [1.165, 1.54) is 23.5 Å². The first-order valence-electron chi connectivity index (χ1n) is 7.62. The lowest BCUT2D eigenvalue weighted by Gasteiger charge is -2.04. The van der Waals surface area contributed by atoms with Gasteiger partial charge in [-0.05, 0) is 26.0 Å². The van der Waals surface area contributed by atoms with Crippen LogP contribution in [0.5, 0.6) is 0 Å². The zero-order valence-corrected chi connectivity index (χ0v) is 15.8. The van der Waals surface area contributed by atoms with E-state index >= 15 is 0 Å². The van der Waals surface area contributed by atoms with Crippen LogP contribution >= 0.6 is 22.9 Å². The number of thiazole rings is 1. The van der Waals surface area contributed by atoms with Crippen LogP contribution in [0.4, 0.5) is 10.8 Å². The molecule has 2 aromatic heterocycles. The second kappa shape index (κ2) is 6.89. The molecule has 0 saturated heterocycles. The lowest BCUT2D eigenvalue weighted by atomic mass is 10.2. The minimum absolute atomic E-state index is 0.0167. The van der Waals surface area contributed by atoms with Crippen LogP contribution in [0, 0.1) is 24.0 Å². The van der Waals surface area contributed by atoms with Gasteiger partial charge in [0, 0.05) is 41.5 Å². The molecule has 0 saturated carbocycles. The summed E-state index contributed by atoms with van der Waals surface area (Å²) in [5.74, 6) is -0.466. The van der Waals surface area contributed by atoms with Gasteiger partial charge in [0.05, 0.1) is 21.2 Å². The Morgan fingerprint density at radius 1 is 1.35 bits per heavy atom. The number of nitrogens with one attached hydrogen (secondary N) is 1. The number of hydrogen-bond donors (Lipinski definition) is 1. The van der Waals surface area contributed by atoms with E-state index in [0.29, 0.717) is 5.13 Å². The fraction of sp³-hybridized carbons (Fsp3) is 0.176. The summed E-state index contributed by atoms with van der Waals surface area (Å²) in [6, 6.07) is 5.77. The smallest absolute Gasteiger partial charge is 0.270 e. The van der Waals surface area contributed by atoms with Crippen molar-refractivity contribution < 1.29 is 9.72 Å². The Bertz CT molecular complexity index is 1030. The molecular weight excluding hydrogens is 376 g/mol. The standard InChI is InChI=1S/C17H15ClN4O3S/c1-9-6-13(10(2)21(9)3)15-8-26-17(19-15)20-16(23)12-5-4-11(22(24)25)7-14(12)18/h4-8H,1-3H3,(H,19,20,23). The lowest BCUT2D eigenvalue weighted by Crippen LogP contribution is -2.12. The molecule has 9 heteroatoms. The summed E-state index contributed by atoms with van der Waals surface area (Å²) in [5.41, 5.74) is 3.98. The van der Waals surface area contributed by atoms with E-state index in [2.05, 4.69) is 14.9 Å². The maximum absolute atomic E-state index is 12.4. The van der Waals surface area contributed by atoms with Crippen LogP contribution in [0.25, 0.3) is 11.3 Å². The summed E-state index contributed by atoms with van der Waals surface area (Å²) < 4.78 is 2.07. The van der Waals surface area contributed by atoms with Gasteiger partial charge in [0.25, 0.3) is 11.6 Å². The van der Waals surface area contributed by atoms with Crippen LogP contribution in [-0.2, 0) is 7.05 Å². The molecule has 7 nitrogen and oxygen atoms in total. The van der Waals surface area contributed by atoms with Crippen LogP contribution in [0.2, 0.25) is 5.02 Å². The van der Waals surface area contributed by atoms with Crippen molar-refractivity contribution in [2.45, 2.75) is 13.8 Å². The molecule has 0 unspecified atom stereocenters. The van der Waals surface area contributed by atoms with E-state index in [1.807, 2.05) is 32.3 Å². The molecule has 0 bridgehead atoms. The Morgan fingerprint density at radius 2 is 2.08 bits per heavy atom. The van der Waals surface area contributed by atoms with Crippen molar-refractivity contribution in [2.24, 2.45) is 7.05 Å². The molecule has 0 aliphatic carbocycles. The number of nitro groups is 1. The molecule has 26 heavy (non-hydrogen) atoms. The van der Waals surface area contributed by atoms with Crippen molar-refractivity contribution in [3.8, 4) is 11.3 Å². The number of rotatable bonds is 4. The number of carbonyl (C=O) groups excluding carboxylic acids is 1. The molecule has 0 aliphatic heterocycles. The molecule has 1 amide bonds. The minimum atomic E-state index is -0.565. The highest BCUT2D eigenvalue weighted by Gasteiger charge is 2.17. The molecule has 3 rings (SSSR count). The van der Waals surface area contributed by atoms with Gasteiger partial charge in [-0.15, -0.1) is 11.3 Å². The van der Waals surface area contributed by atoms with Gasteiger partial charge in [0.15, 0.2) is 5.13 Å². The van der Waals surface area contributed by atoms with Crippen molar-refractivity contribution in [3.63, 3.8) is 0 Å². The SMILES string of the molecule is Cc1cc(-c2csc(NC(=O)c3ccc([N+](=O)[O-])cc3Cl)n2)c(C)n1C. The molecular formula is C17H15ClN4O3S. The van der Waals surface area contributed by atoms with E-state index in [4.69, 9.17) is 11.6 Å². The van der Waals surface area contributed by atoms with Gasteiger partial charge < -0.3 is 4.57 Å². The summed E-state index contributed by atoms with van der Waals surface area (Å²) in [4.78, 5) is 27.0. The first-order valence-corrected chi connectivity index (χ1v) is 8.88. The molecule has 0 atom stereocenters. The fourth-order valence-corrected chi connectivity index (χ4v) is 3.50. The number of nitro benzene ring substituents is 1. The number of aryl methyl sites for hydroxylation is 1. The predicted octanol–water partition coefficient (Wildman–Crippen LogP) is 4.58. The highest BCUT2D eigenvalue weighted by atomic mass is 35.5. The van der Waals surface area contributed by atoms with Crippen LogP contribution in [-0.4, -0.2) is 20.4 Å². The number of nitrogens with zero attached hydrogens (tertiary/aromatic N) is 3. The molecule has 0 aliphatic rings. The maximum atomic E-state index is 12.4. The molecule has 1 N–H and O–H groups in total. The van der Waals surface area contributed by atoms with Gasteiger partial charge in [-0.1, -0.05) is 11.6 Å². The number of halogens is 1. The zero-order chi connectivity index (χ0) is 19.0. The van der Waals surface area contributed by atoms with Crippen LogP contribution in [0.3, 0.4) is 0 Å².